The van der Waals surface area contributed by atoms with Crippen LogP contribution in [0.2, 0.25) is 0 Å². The van der Waals surface area contributed by atoms with Gasteiger partial charge in [0.05, 0.1) is 17.1 Å². The minimum Gasteiger partial charge on any atom is -0.439 e. The van der Waals surface area contributed by atoms with Crippen LogP contribution in [0.5, 0.6) is 11.6 Å². The van der Waals surface area contributed by atoms with E-state index in [1.165, 1.54) is 17.7 Å². The van der Waals surface area contributed by atoms with Crippen LogP contribution in [-0.2, 0) is 6.18 Å². The first-order valence-electron chi connectivity index (χ1n) is 8.52. The summed E-state index contributed by atoms with van der Waals surface area (Å²) in [5.41, 5.74) is 2.55. The molecule has 4 rings (SSSR count). The molecule has 1 N–H and O–H groups in total. The minimum atomic E-state index is -4.45. The van der Waals surface area contributed by atoms with Gasteiger partial charge in [-0.3, -0.25) is 0 Å². The number of hydrogen-bond acceptors (Lipinski definition) is 7. The second-order valence-electron chi connectivity index (χ2n) is 6.15. The molecule has 0 aliphatic rings. The van der Waals surface area contributed by atoms with E-state index in [-0.39, 0.29) is 11.9 Å². The van der Waals surface area contributed by atoms with E-state index in [0.717, 1.165) is 28.7 Å². The van der Waals surface area contributed by atoms with Gasteiger partial charge in [0.2, 0.25) is 5.88 Å². The second kappa shape index (κ2) is 7.63. The van der Waals surface area contributed by atoms with Gasteiger partial charge in [0, 0.05) is 12.3 Å². The van der Waals surface area contributed by atoms with E-state index < -0.39 is 11.7 Å². The molecule has 0 aliphatic heterocycles. The van der Waals surface area contributed by atoms with Crippen LogP contribution in [0.4, 0.5) is 19.0 Å². The molecule has 29 heavy (non-hydrogen) atoms. The number of nitrogens with zero attached hydrogens (tertiary/aromatic N) is 4. The third-order valence-electron chi connectivity index (χ3n) is 4.15. The molecule has 10 heteroatoms. The molecule has 1 atom stereocenters. The number of aromatic nitrogens is 4. The Bertz CT molecular complexity index is 1130. The number of ether oxygens (including phenoxy) is 1. The van der Waals surface area contributed by atoms with Crippen molar-refractivity contribution in [2.75, 3.05) is 5.32 Å². The molecule has 0 bridgehead atoms. The van der Waals surface area contributed by atoms with Crippen LogP contribution in [0.15, 0.2) is 54.4 Å². The summed E-state index contributed by atoms with van der Waals surface area (Å²) in [4.78, 5) is 17.3. The van der Waals surface area contributed by atoms with Crippen molar-refractivity contribution < 1.29 is 17.9 Å². The Labute approximate surface area is 167 Å². The van der Waals surface area contributed by atoms with E-state index in [4.69, 9.17) is 4.74 Å². The fourth-order valence-corrected chi connectivity index (χ4v) is 3.30. The van der Waals surface area contributed by atoms with Crippen molar-refractivity contribution in [2.24, 2.45) is 0 Å². The van der Waals surface area contributed by atoms with Crippen molar-refractivity contribution >= 4 is 27.5 Å². The Morgan fingerprint density at radius 2 is 1.83 bits per heavy atom. The summed E-state index contributed by atoms with van der Waals surface area (Å²) >= 11 is 1.43. The Hall–Kier alpha value is -3.27. The summed E-state index contributed by atoms with van der Waals surface area (Å²) in [5, 5.41) is 3.30. The Morgan fingerprint density at radius 3 is 2.59 bits per heavy atom. The van der Waals surface area contributed by atoms with Gasteiger partial charge in [-0.2, -0.15) is 13.2 Å². The van der Waals surface area contributed by atoms with Gasteiger partial charge in [0.15, 0.2) is 5.82 Å². The van der Waals surface area contributed by atoms with E-state index in [2.05, 4.69) is 25.3 Å². The van der Waals surface area contributed by atoms with Gasteiger partial charge >= 0.3 is 6.18 Å². The predicted octanol–water partition coefficient (Wildman–Crippen LogP) is 5.47. The first kappa shape index (κ1) is 19.1. The number of hydrogen-bond donors (Lipinski definition) is 1. The van der Waals surface area contributed by atoms with Gasteiger partial charge in [0.25, 0.3) is 0 Å². The van der Waals surface area contributed by atoms with Crippen molar-refractivity contribution in [2.45, 2.75) is 19.1 Å². The van der Waals surface area contributed by atoms with E-state index in [1.54, 1.807) is 17.6 Å². The van der Waals surface area contributed by atoms with Crippen LogP contribution in [-0.4, -0.2) is 19.9 Å². The van der Waals surface area contributed by atoms with Gasteiger partial charge in [-0.15, -0.1) is 11.3 Å². The quantitative estimate of drug-likeness (QED) is 0.465. The molecule has 0 saturated carbocycles. The largest absolute Gasteiger partial charge is 0.439 e. The van der Waals surface area contributed by atoms with Gasteiger partial charge in [-0.05, 0) is 30.7 Å². The lowest BCUT2D eigenvalue weighted by atomic mass is 10.1. The zero-order valence-electron chi connectivity index (χ0n) is 15.0. The number of benzene rings is 1. The molecule has 3 aromatic heterocycles. The average molecular weight is 417 g/mol. The van der Waals surface area contributed by atoms with E-state index in [9.17, 15) is 13.2 Å². The van der Waals surface area contributed by atoms with E-state index in [0.29, 0.717) is 17.1 Å². The molecule has 1 aromatic carbocycles. The lowest BCUT2D eigenvalue weighted by molar-refractivity contribution is -0.137. The number of pyridine rings is 1. The highest BCUT2D eigenvalue weighted by Crippen LogP contribution is 2.32. The fourth-order valence-electron chi connectivity index (χ4n) is 2.68. The maximum Gasteiger partial charge on any atom is 0.416 e. The fraction of sp³-hybridized carbons (Fsp3) is 0.158. The molecular formula is C19H14F3N5OS. The SMILES string of the molecule is CC(Nc1ncnc2scnc12)c1ccc(Oc2cc(C(F)(F)F)ccn2)cc1. The molecule has 0 spiro atoms. The molecule has 0 aliphatic carbocycles. The summed E-state index contributed by atoms with van der Waals surface area (Å²) in [6.45, 7) is 1.96. The topological polar surface area (TPSA) is 72.8 Å². The van der Waals surface area contributed by atoms with Crippen molar-refractivity contribution in [1.82, 2.24) is 19.9 Å². The Morgan fingerprint density at radius 1 is 1.03 bits per heavy atom. The van der Waals surface area contributed by atoms with Crippen molar-refractivity contribution in [1.29, 1.82) is 0 Å². The van der Waals surface area contributed by atoms with Crippen LogP contribution >= 0.6 is 11.3 Å². The zero-order chi connectivity index (χ0) is 20.4. The van der Waals surface area contributed by atoms with Gasteiger partial charge in [-0.25, -0.2) is 19.9 Å². The predicted molar refractivity (Wildman–Crippen MR) is 103 cm³/mol. The number of alkyl halides is 3. The summed E-state index contributed by atoms with van der Waals surface area (Å²) in [6.07, 6.45) is -1.90. The normalized spacial score (nSPS) is 12.7. The van der Waals surface area contributed by atoms with Crippen molar-refractivity contribution in [3.8, 4) is 11.6 Å². The second-order valence-corrected chi connectivity index (χ2v) is 6.98. The maximum absolute atomic E-state index is 12.8. The summed E-state index contributed by atoms with van der Waals surface area (Å²) in [5.74, 6) is 0.902. The minimum absolute atomic E-state index is 0.0875. The average Bonchev–Trinajstić information content (AvgIpc) is 3.18. The number of nitrogens with one attached hydrogen (secondary N) is 1. The molecule has 0 amide bonds. The molecule has 0 fully saturated rings. The zero-order valence-corrected chi connectivity index (χ0v) is 15.8. The lowest BCUT2D eigenvalue weighted by Gasteiger charge is -2.15. The van der Waals surface area contributed by atoms with E-state index >= 15 is 0 Å². The first-order chi connectivity index (χ1) is 13.9. The molecule has 0 saturated heterocycles. The van der Waals surface area contributed by atoms with Gasteiger partial charge in [-0.1, -0.05) is 12.1 Å². The molecule has 3 heterocycles. The summed E-state index contributed by atoms with van der Waals surface area (Å²) < 4.78 is 43.9. The first-order valence-corrected chi connectivity index (χ1v) is 9.40. The van der Waals surface area contributed by atoms with Crippen molar-refractivity contribution in [3.05, 3.63) is 65.6 Å². The Balaban J connectivity index is 1.47. The summed E-state index contributed by atoms with van der Waals surface area (Å²) in [7, 11) is 0. The standard InChI is InChI=1S/C19H14F3N5OS/c1-11(27-17-16-18(25-9-24-17)29-10-26-16)12-2-4-14(5-3-12)28-15-8-13(6-7-23-15)19(20,21)22/h2-11H,1H3,(H,24,25,27). The highest BCUT2D eigenvalue weighted by Gasteiger charge is 2.31. The van der Waals surface area contributed by atoms with Crippen LogP contribution in [0.3, 0.4) is 0 Å². The molecule has 4 aromatic rings. The van der Waals surface area contributed by atoms with Crippen LogP contribution in [0, 0.1) is 0 Å². The number of thiazole rings is 1. The van der Waals surface area contributed by atoms with Crippen molar-refractivity contribution in [3.63, 3.8) is 0 Å². The number of rotatable bonds is 5. The molecule has 1 unspecified atom stereocenters. The molecular weight excluding hydrogens is 403 g/mol. The molecule has 148 valence electrons. The van der Waals surface area contributed by atoms with Crippen LogP contribution < -0.4 is 10.1 Å². The van der Waals surface area contributed by atoms with Gasteiger partial charge in [0.1, 0.15) is 22.4 Å². The smallest absolute Gasteiger partial charge is 0.416 e. The Kier molecular flexibility index (Phi) is 5.01. The number of halogens is 3. The summed E-state index contributed by atoms with van der Waals surface area (Å²) in [6, 6.07) is 8.67. The molecule has 6 nitrogen and oxygen atoms in total. The van der Waals surface area contributed by atoms with Crippen LogP contribution in [0.1, 0.15) is 24.1 Å². The lowest BCUT2D eigenvalue weighted by Crippen LogP contribution is -2.08. The molecule has 0 radical (unpaired) electrons. The maximum atomic E-state index is 12.8. The highest BCUT2D eigenvalue weighted by molar-refractivity contribution is 7.16. The van der Waals surface area contributed by atoms with Gasteiger partial charge < -0.3 is 10.1 Å². The number of anilines is 1. The highest BCUT2D eigenvalue weighted by atomic mass is 32.1. The monoisotopic (exact) mass is 417 g/mol. The third-order valence-corrected chi connectivity index (χ3v) is 4.89. The third kappa shape index (κ3) is 4.27. The van der Waals surface area contributed by atoms with Crippen LogP contribution in [0.25, 0.3) is 10.3 Å². The van der Waals surface area contributed by atoms with E-state index in [1.807, 2.05) is 19.1 Å². The number of fused-ring (bicyclic) bond motifs is 1.